The van der Waals surface area contributed by atoms with E-state index in [1.54, 1.807) is 0 Å². The molecule has 1 amide bonds. The van der Waals surface area contributed by atoms with Crippen molar-refractivity contribution in [1.82, 2.24) is 0 Å². The Morgan fingerprint density at radius 1 is 0.968 bits per heavy atom. The lowest BCUT2D eigenvalue weighted by Crippen LogP contribution is -2.41. The van der Waals surface area contributed by atoms with Crippen molar-refractivity contribution in [1.29, 1.82) is 0 Å². The first-order valence-electron chi connectivity index (χ1n) is 10.3. The summed E-state index contributed by atoms with van der Waals surface area (Å²) in [7, 11) is 0. The fraction of sp³-hybridized carbons (Fsp3) is 0.240. The highest BCUT2D eigenvalue weighted by molar-refractivity contribution is 9.10. The molecule has 4 nitrogen and oxygen atoms in total. The normalized spacial score (nSPS) is 15.5. The van der Waals surface area contributed by atoms with Gasteiger partial charge in [-0.1, -0.05) is 39.7 Å². The van der Waals surface area contributed by atoms with Crippen LogP contribution in [0.4, 0.5) is 5.69 Å². The molecule has 0 N–H and O–H groups in total. The Morgan fingerprint density at radius 3 is 2.19 bits per heavy atom. The number of amides is 1. The highest BCUT2D eigenvalue weighted by Gasteiger charge is 2.36. The second-order valence-corrected chi connectivity index (χ2v) is 8.59. The molecule has 1 aliphatic rings. The molecule has 3 aromatic carbocycles. The molecule has 0 bridgehead atoms. The summed E-state index contributed by atoms with van der Waals surface area (Å²) in [6.45, 7) is 4.94. The van der Waals surface area contributed by atoms with E-state index in [-0.39, 0.29) is 18.4 Å². The van der Waals surface area contributed by atoms with Gasteiger partial charge in [0.05, 0.1) is 25.7 Å². The van der Waals surface area contributed by atoms with Crippen molar-refractivity contribution in [3.8, 4) is 11.5 Å². The number of anilines is 1. The SMILES string of the molecule is CCOc1cc2c(cc1OCC)C(c1ccc(Br)cc1)N(c1ccc(Cl)cc1)C(=O)C2. The number of carbonyl (C=O) groups is 1. The molecule has 160 valence electrons. The molecule has 0 spiro atoms. The molecule has 0 saturated heterocycles. The molecule has 1 atom stereocenters. The molecule has 0 aromatic heterocycles. The minimum absolute atomic E-state index is 0.0225. The van der Waals surface area contributed by atoms with Crippen LogP contribution in [0.3, 0.4) is 0 Å². The summed E-state index contributed by atoms with van der Waals surface area (Å²) in [6, 6.07) is 19.1. The summed E-state index contributed by atoms with van der Waals surface area (Å²) >= 11 is 9.61. The average molecular weight is 501 g/mol. The van der Waals surface area contributed by atoms with Gasteiger partial charge in [0.1, 0.15) is 0 Å². The van der Waals surface area contributed by atoms with Gasteiger partial charge in [-0.3, -0.25) is 4.79 Å². The molecule has 0 saturated carbocycles. The van der Waals surface area contributed by atoms with E-state index in [2.05, 4.69) is 15.9 Å². The van der Waals surface area contributed by atoms with Crippen LogP contribution in [0.1, 0.15) is 36.6 Å². The van der Waals surface area contributed by atoms with Crippen molar-refractivity contribution in [2.75, 3.05) is 18.1 Å². The van der Waals surface area contributed by atoms with Crippen LogP contribution in [-0.4, -0.2) is 19.1 Å². The second kappa shape index (κ2) is 9.33. The number of ether oxygens (including phenoxy) is 2. The zero-order valence-electron chi connectivity index (χ0n) is 17.4. The molecular weight excluding hydrogens is 478 g/mol. The third-order valence-corrected chi connectivity index (χ3v) is 6.04. The van der Waals surface area contributed by atoms with Gasteiger partial charge >= 0.3 is 0 Å². The second-order valence-electron chi connectivity index (χ2n) is 7.23. The largest absolute Gasteiger partial charge is 0.490 e. The van der Waals surface area contributed by atoms with Gasteiger partial charge in [-0.2, -0.15) is 0 Å². The Hall–Kier alpha value is -2.50. The van der Waals surface area contributed by atoms with Crippen molar-refractivity contribution in [2.45, 2.75) is 26.3 Å². The van der Waals surface area contributed by atoms with Gasteiger partial charge in [0.15, 0.2) is 11.5 Å². The van der Waals surface area contributed by atoms with E-state index in [4.69, 9.17) is 21.1 Å². The third-order valence-electron chi connectivity index (χ3n) is 5.26. The molecule has 1 heterocycles. The Bertz CT molecular complexity index is 1080. The number of hydrogen-bond donors (Lipinski definition) is 0. The number of rotatable bonds is 6. The molecule has 1 unspecified atom stereocenters. The molecule has 1 aliphatic heterocycles. The van der Waals surface area contributed by atoms with Gasteiger partial charge in [0.25, 0.3) is 0 Å². The number of halogens is 2. The highest BCUT2D eigenvalue weighted by Crippen LogP contribution is 2.43. The Balaban J connectivity index is 1.91. The minimum Gasteiger partial charge on any atom is -0.490 e. The average Bonchev–Trinajstić information content (AvgIpc) is 2.75. The third kappa shape index (κ3) is 4.43. The maximum atomic E-state index is 13.4. The zero-order valence-corrected chi connectivity index (χ0v) is 19.7. The van der Waals surface area contributed by atoms with Crippen molar-refractivity contribution < 1.29 is 14.3 Å². The van der Waals surface area contributed by atoms with Crippen LogP contribution in [0.25, 0.3) is 0 Å². The summed E-state index contributed by atoms with van der Waals surface area (Å²) in [5, 5.41) is 0.633. The van der Waals surface area contributed by atoms with Gasteiger partial charge in [-0.25, -0.2) is 0 Å². The monoisotopic (exact) mass is 499 g/mol. The van der Waals surface area contributed by atoms with Crippen LogP contribution >= 0.6 is 27.5 Å². The topological polar surface area (TPSA) is 38.8 Å². The lowest BCUT2D eigenvalue weighted by molar-refractivity contribution is -0.118. The number of fused-ring (bicyclic) bond motifs is 1. The van der Waals surface area contributed by atoms with Crippen LogP contribution in [-0.2, 0) is 11.2 Å². The quantitative estimate of drug-likeness (QED) is 0.384. The fourth-order valence-electron chi connectivity index (χ4n) is 3.96. The summed E-state index contributed by atoms with van der Waals surface area (Å²) in [4.78, 5) is 15.2. The lowest BCUT2D eigenvalue weighted by Gasteiger charge is -2.38. The standard InChI is InChI=1S/C25H23BrClNO3/c1-3-30-22-13-17-14-24(29)28(20-11-9-19(27)10-12-20)25(16-5-7-18(26)8-6-16)21(17)15-23(22)31-4-2/h5-13,15,25H,3-4,14H2,1-2H3. The van der Waals surface area contributed by atoms with E-state index >= 15 is 0 Å². The van der Waals surface area contributed by atoms with Crippen molar-refractivity contribution in [3.05, 3.63) is 86.8 Å². The number of carbonyl (C=O) groups excluding carboxylic acids is 1. The van der Waals surface area contributed by atoms with E-state index in [0.717, 1.165) is 26.9 Å². The van der Waals surface area contributed by atoms with Crippen LogP contribution in [0, 0.1) is 0 Å². The predicted molar refractivity (Wildman–Crippen MR) is 127 cm³/mol. The first kappa shape index (κ1) is 21.7. The Labute approximate surface area is 195 Å². The molecule has 31 heavy (non-hydrogen) atoms. The maximum Gasteiger partial charge on any atom is 0.232 e. The van der Waals surface area contributed by atoms with Crippen LogP contribution in [0.2, 0.25) is 5.02 Å². The summed E-state index contributed by atoms with van der Waals surface area (Å²) < 4.78 is 12.7. The van der Waals surface area contributed by atoms with E-state index in [1.165, 1.54) is 0 Å². The molecule has 0 fully saturated rings. The summed E-state index contributed by atoms with van der Waals surface area (Å²) in [5.74, 6) is 1.38. The van der Waals surface area contributed by atoms with E-state index in [9.17, 15) is 4.79 Å². The van der Waals surface area contributed by atoms with Gasteiger partial charge in [0, 0.05) is 15.2 Å². The number of nitrogens with zero attached hydrogens (tertiary/aromatic N) is 1. The molecular formula is C25H23BrClNO3. The lowest BCUT2D eigenvalue weighted by atomic mass is 9.87. The van der Waals surface area contributed by atoms with E-state index in [0.29, 0.717) is 29.7 Å². The van der Waals surface area contributed by atoms with Crippen LogP contribution in [0.5, 0.6) is 11.5 Å². The Kier molecular flexibility index (Phi) is 6.54. The van der Waals surface area contributed by atoms with Gasteiger partial charge in [-0.05, 0) is 79.1 Å². The van der Waals surface area contributed by atoms with Crippen molar-refractivity contribution in [3.63, 3.8) is 0 Å². The minimum atomic E-state index is -0.291. The van der Waals surface area contributed by atoms with Crippen molar-refractivity contribution in [2.24, 2.45) is 0 Å². The van der Waals surface area contributed by atoms with Gasteiger partial charge in [-0.15, -0.1) is 0 Å². The summed E-state index contributed by atoms with van der Waals surface area (Å²) in [6.07, 6.45) is 0.289. The number of hydrogen-bond acceptors (Lipinski definition) is 3. The Morgan fingerprint density at radius 2 is 1.58 bits per heavy atom. The summed E-state index contributed by atoms with van der Waals surface area (Å²) in [5.41, 5.74) is 3.80. The molecule has 4 rings (SSSR count). The molecule has 6 heteroatoms. The van der Waals surface area contributed by atoms with Crippen LogP contribution in [0.15, 0.2) is 65.1 Å². The first-order valence-corrected chi connectivity index (χ1v) is 11.4. The maximum absolute atomic E-state index is 13.4. The van der Waals surface area contributed by atoms with E-state index < -0.39 is 0 Å². The van der Waals surface area contributed by atoms with Gasteiger partial charge in [0.2, 0.25) is 5.91 Å². The van der Waals surface area contributed by atoms with E-state index in [1.807, 2.05) is 79.4 Å². The smallest absolute Gasteiger partial charge is 0.232 e. The fourth-order valence-corrected chi connectivity index (χ4v) is 4.35. The first-order chi connectivity index (χ1) is 15.0. The van der Waals surface area contributed by atoms with Crippen molar-refractivity contribution >= 4 is 39.1 Å². The molecule has 0 radical (unpaired) electrons. The predicted octanol–water partition coefficient (Wildman–Crippen LogP) is 6.58. The molecule has 3 aromatic rings. The zero-order chi connectivity index (χ0) is 22.0. The van der Waals surface area contributed by atoms with Gasteiger partial charge < -0.3 is 14.4 Å². The van der Waals surface area contributed by atoms with Crippen LogP contribution < -0.4 is 14.4 Å². The molecule has 0 aliphatic carbocycles. The highest BCUT2D eigenvalue weighted by atomic mass is 79.9. The number of benzene rings is 3.